The molecule has 0 spiro atoms. The van der Waals surface area contributed by atoms with E-state index < -0.39 is 0 Å². The summed E-state index contributed by atoms with van der Waals surface area (Å²) >= 11 is 0. The number of para-hydroxylation sites is 1. The monoisotopic (exact) mass is 702 g/mol. The molecule has 0 bridgehead atoms. The van der Waals surface area contributed by atoms with E-state index in [4.69, 9.17) is 24.4 Å². The molecule has 0 atom stereocenters. The molecule has 0 saturated carbocycles. The molecule has 5 heteroatoms. The second kappa shape index (κ2) is 12.6. The fourth-order valence-corrected chi connectivity index (χ4v) is 7.98. The minimum atomic E-state index is 0.631. The molecule has 0 aliphatic rings. The van der Waals surface area contributed by atoms with Gasteiger partial charge < -0.3 is 4.42 Å². The maximum Gasteiger partial charge on any atom is 0.164 e. The van der Waals surface area contributed by atoms with Crippen LogP contribution < -0.4 is 0 Å². The van der Waals surface area contributed by atoms with Crippen LogP contribution in [-0.4, -0.2) is 19.9 Å². The molecular weight excluding hydrogens is 673 g/mol. The third-order valence-corrected chi connectivity index (χ3v) is 10.5. The van der Waals surface area contributed by atoms with Gasteiger partial charge in [0, 0.05) is 49.2 Å². The lowest BCUT2D eigenvalue weighted by molar-refractivity contribution is 0.669. The predicted octanol–water partition coefficient (Wildman–Crippen LogP) is 13.0. The van der Waals surface area contributed by atoms with Crippen molar-refractivity contribution in [2.45, 2.75) is 0 Å². The molecule has 11 rings (SSSR count). The van der Waals surface area contributed by atoms with Crippen LogP contribution in [0.3, 0.4) is 0 Å². The average Bonchev–Trinajstić information content (AvgIpc) is 3.65. The molecule has 11 aromatic rings. The maximum absolute atomic E-state index is 6.37. The summed E-state index contributed by atoms with van der Waals surface area (Å²) in [5.41, 5.74) is 9.71. The third kappa shape index (κ3) is 5.17. The molecule has 0 amide bonds. The summed E-state index contributed by atoms with van der Waals surface area (Å²) in [6, 6.07) is 62.7. The molecule has 0 N–H and O–H groups in total. The number of aromatic nitrogens is 4. The highest BCUT2D eigenvalue weighted by molar-refractivity contribution is 6.28. The fraction of sp³-hybridized carbons (Fsp3) is 0. The van der Waals surface area contributed by atoms with Crippen LogP contribution in [-0.2, 0) is 0 Å². The van der Waals surface area contributed by atoms with Crippen molar-refractivity contribution in [1.82, 2.24) is 19.9 Å². The molecule has 0 unspecified atom stereocenters. The van der Waals surface area contributed by atoms with E-state index in [-0.39, 0.29) is 0 Å². The van der Waals surface area contributed by atoms with Gasteiger partial charge in [0.15, 0.2) is 17.5 Å². The maximum atomic E-state index is 6.37. The molecule has 55 heavy (non-hydrogen) atoms. The highest BCUT2D eigenvalue weighted by Gasteiger charge is 2.19. The smallest absolute Gasteiger partial charge is 0.164 e. The van der Waals surface area contributed by atoms with Crippen LogP contribution in [0.2, 0.25) is 0 Å². The van der Waals surface area contributed by atoms with Crippen LogP contribution in [0.4, 0.5) is 0 Å². The van der Waals surface area contributed by atoms with Gasteiger partial charge in [-0.25, -0.2) is 19.9 Å². The summed E-state index contributed by atoms with van der Waals surface area (Å²) in [6.45, 7) is 0. The van der Waals surface area contributed by atoms with Crippen molar-refractivity contribution in [3.05, 3.63) is 182 Å². The molecule has 0 aliphatic heterocycles. The van der Waals surface area contributed by atoms with Gasteiger partial charge in [0.25, 0.3) is 0 Å². The van der Waals surface area contributed by atoms with Crippen LogP contribution in [0.1, 0.15) is 0 Å². The molecule has 0 aliphatic carbocycles. The Morgan fingerprint density at radius 3 is 1.58 bits per heavy atom. The van der Waals surface area contributed by atoms with E-state index in [1.807, 2.05) is 78.9 Å². The zero-order valence-corrected chi connectivity index (χ0v) is 29.5. The van der Waals surface area contributed by atoms with E-state index >= 15 is 0 Å². The first kappa shape index (κ1) is 31.1. The lowest BCUT2D eigenvalue weighted by atomic mass is 9.92. The molecule has 5 nitrogen and oxygen atoms in total. The van der Waals surface area contributed by atoms with Crippen molar-refractivity contribution in [3.63, 3.8) is 0 Å². The van der Waals surface area contributed by atoms with Crippen LogP contribution in [0.5, 0.6) is 0 Å². The topological polar surface area (TPSA) is 64.7 Å². The molecule has 3 heterocycles. The largest absolute Gasteiger partial charge is 0.456 e. The lowest BCUT2D eigenvalue weighted by Gasteiger charge is -2.14. The number of furan rings is 1. The molecule has 0 saturated heterocycles. The van der Waals surface area contributed by atoms with E-state index in [1.165, 1.54) is 0 Å². The van der Waals surface area contributed by atoms with Gasteiger partial charge in [0.2, 0.25) is 0 Å². The fourth-order valence-electron chi connectivity index (χ4n) is 7.98. The van der Waals surface area contributed by atoms with Gasteiger partial charge in [0.1, 0.15) is 11.2 Å². The normalized spacial score (nSPS) is 11.6. The summed E-state index contributed by atoms with van der Waals surface area (Å²) < 4.78 is 6.37. The first-order valence-corrected chi connectivity index (χ1v) is 18.4. The first-order valence-electron chi connectivity index (χ1n) is 18.4. The SMILES string of the molecule is c1ccc(-c2nc(-c3ccccc3)nc(-c3cccc4c(-c5ccc6c(c5)nc(-c5ccccc5)c5ccc7oc8ccccc8c7c56)cccc34)n2)cc1. The van der Waals surface area contributed by atoms with Crippen molar-refractivity contribution in [3.8, 4) is 56.5 Å². The van der Waals surface area contributed by atoms with Crippen molar-refractivity contribution < 1.29 is 4.42 Å². The van der Waals surface area contributed by atoms with E-state index in [0.29, 0.717) is 17.5 Å². The Bertz CT molecular complexity index is 3190. The summed E-state index contributed by atoms with van der Waals surface area (Å²) in [7, 11) is 0. The van der Waals surface area contributed by atoms with Crippen LogP contribution in [0, 0.1) is 0 Å². The van der Waals surface area contributed by atoms with E-state index in [1.54, 1.807) is 0 Å². The van der Waals surface area contributed by atoms with Gasteiger partial charge in [0.05, 0.1) is 11.2 Å². The van der Waals surface area contributed by atoms with E-state index in [9.17, 15) is 0 Å². The molecule has 0 fully saturated rings. The number of hydrogen-bond acceptors (Lipinski definition) is 5. The van der Waals surface area contributed by atoms with Crippen LogP contribution in [0.15, 0.2) is 186 Å². The van der Waals surface area contributed by atoms with Crippen molar-refractivity contribution >= 4 is 54.4 Å². The van der Waals surface area contributed by atoms with Gasteiger partial charge in [-0.3, -0.25) is 0 Å². The summed E-state index contributed by atoms with van der Waals surface area (Å²) in [4.78, 5) is 20.4. The van der Waals surface area contributed by atoms with Gasteiger partial charge in [-0.2, -0.15) is 0 Å². The van der Waals surface area contributed by atoms with E-state index in [2.05, 4.69) is 103 Å². The Morgan fingerprint density at radius 1 is 0.309 bits per heavy atom. The Hall–Kier alpha value is -7.50. The minimum absolute atomic E-state index is 0.631. The van der Waals surface area contributed by atoms with Crippen molar-refractivity contribution in [1.29, 1.82) is 0 Å². The quantitative estimate of drug-likeness (QED) is 0.167. The number of fused-ring (bicyclic) bond motifs is 8. The first-order chi connectivity index (χ1) is 27.3. The zero-order chi connectivity index (χ0) is 36.3. The predicted molar refractivity (Wildman–Crippen MR) is 225 cm³/mol. The number of benzene rings is 8. The lowest BCUT2D eigenvalue weighted by Crippen LogP contribution is -2.00. The van der Waals surface area contributed by atoms with Gasteiger partial charge in [-0.1, -0.05) is 158 Å². The standard InChI is InChI=1S/C50H30N4O/c1-4-14-31(15-5-1)47-41-28-29-44-46(40-20-10-11-25-43(40)55-44)45(41)39-27-26-34(30-42(39)51-47)35-21-12-23-37-36(35)22-13-24-38(37)50-53-48(32-16-6-2-7-17-32)52-49(54-50)33-18-8-3-9-19-33/h1-30H. The highest BCUT2D eigenvalue weighted by atomic mass is 16.3. The Labute approximate surface area is 316 Å². The highest BCUT2D eigenvalue weighted by Crippen LogP contribution is 2.43. The number of rotatable bonds is 5. The minimum Gasteiger partial charge on any atom is -0.456 e. The number of pyridine rings is 1. The molecule has 256 valence electrons. The summed E-state index contributed by atoms with van der Waals surface area (Å²) in [5.74, 6) is 1.91. The number of hydrogen-bond donors (Lipinski definition) is 0. The van der Waals surface area contributed by atoms with E-state index in [0.717, 1.165) is 93.5 Å². The van der Waals surface area contributed by atoms with Gasteiger partial charge in [-0.15, -0.1) is 0 Å². The van der Waals surface area contributed by atoms with Crippen molar-refractivity contribution in [2.75, 3.05) is 0 Å². The molecular formula is C50H30N4O. The Kier molecular flexibility index (Phi) is 7.10. The van der Waals surface area contributed by atoms with Crippen LogP contribution in [0.25, 0.3) is 111 Å². The summed E-state index contributed by atoms with van der Waals surface area (Å²) in [5, 5.41) is 7.72. The van der Waals surface area contributed by atoms with Crippen LogP contribution >= 0.6 is 0 Å². The summed E-state index contributed by atoms with van der Waals surface area (Å²) in [6.07, 6.45) is 0. The van der Waals surface area contributed by atoms with Crippen molar-refractivity contribution in [2.24, 2.45) is 0 Å². The zero-order valence-electron chi connectivity index (χ0n) is 29.5. The second-order valence-electron chi connectivity index (χ2n) is 13.8. The molecule has 3 aromatic heterocycles. The molecule has 8 aromatic carbocycles. The van der Waals surface area contributed by atoms with Gasteiger partial charge >= 0.3 is 0 Å². The molecule has 0 radical (unpaired) electrons. The second-order valence-corrected chi connectivity index (χ2v) is 13.8. The number of nitrogens with zero attached hydrogens (tertiary/aromatic N) is 4. The Balaban J connectivity index is 1.13. The van der Waals surface area contributed by atoms with Gasteiger partial charge in [-0.05, 0) is 46.2 Å². The third-order valence-electron chi connectivity index (χ3n) is 10.5. The Morgan fingerprint density at radius 2 is 0.873 bits per heavy atom. The average molecular weight is 703 g/mol.